The third kappa shape index (κ3) is 3.72. The molecule has 25 heavy (non-hydrogen) atoms. The van der Waals surface area contributed by atoms with Crippen LogP contribution in [0.3, 0.4) is 0 Å². The summed E-state index contributed by atoms with van der Waals surface area (Å²) in [6, 6.07) is 6.45. The average molecular weight is 358 g/mol. The predicted molar refractivity (Wildman–Crippen MR) is 96.4 cm³/mol. The van der Waals surface area contributed by atoms with E-state index in [0.717, 1.165) is 41.6 Å². The average Bonchev–Trinajstić information content (AvgIpc) is 3.25. The van der Waals surface area contributed by atoms with Gasteiger partial charge in [-0.1, -0.05) is 0 Å². The summed E-state index contributed by atoms with van der Waals surface area (Å²) in [5.41, 5.74) is 2.96. The van der Waals surface area contributed by atoms with E-state index in [-0.39, 0.29) is 11.9 Å². The standard InChI is InChI=1S/C18H19FN4OS/c1-13-8-20-23(9-13)11-16-10-22(6-7-24-16)18-21-17(12-25-18)14-2-4-15(19)5-3-14/h2-5,8-9,12,16H,6-7,10-11H2,1H3. The van der Waals surface area contributed by atoms with Gasteiger partial charge in [-0.15, -0.1) is 11.3 Å². The number of hydrogen-bond donors (Lipinski definition) is 0. The van der Waals surface area contributed by atoms with Crippen LogP contribution >= 0.6 is 11.3 Å². The lowest BCUT2D eigenvalue weighted by Crippen LogP contribution is -2.44. The number of aryl methyl sites for hydroxylation is 1. The third-order valence-corrected chi connectivity index (χ3v) is 5.10. The predicted octanol–water partition coefficient (Wildman–Crippen LogP) is 3.36. The molecule has 0 amide bonds. The van der Waals surface area contributed by atoms with Gasteiger partial charge in [-0.2, -0.15) is 5.10 Å². The van der Waals surface area contributed by atoms with Gasteiger partial charge in [0.25, 0.3) is 0 Å². The molecule has 0 radical (unpaired) electrons. The van der Waals surface area contributed by atoms with E-state index in [2.05, 4.69) is 10.00 Å². The van der Waals surface area contributed by atoms with E-state index in [1.165, 1.54) is 12.1 Å². The lowest BCUT2D eigenvalue weighted by Gasteiger charge is -2.32. The van der Waals surface area contributed by atoms with Gasteiger partial charge in [-0.05, 0) is 36.8 Å². The molecule has 1 aromatic carbocycles. The molecule has 1 aliphatic heterocycles. The van der Waals surface area contributed by atoms with E-state index in [1.807, 2.05) is 29.4 Å². The molecule has 3 heterocycles. The summed E-state index contributed by atoms with van der Waals surface area (Å²) in [5.74, 6) is -0.232. The second-order valence-corrected chi connectivity index (χ2v) is 7.04. The number of thiazole rings is 1. The monoisotopic (exact) mass is 358 g/mol. The fourth-order valence-electron chi connectivity index (χ4n) is 2.94. The summed E-state index contributed by atoms with van der Waals surface area (Å²) in [5, 5.41) is 7.33. The maximum Gasteiger partial charge on any atom is 0.186 e. The molecule has 7 heteroatoms. The fraction of sp³-hybridized carbons (Fsp3) is 0.333. The maximum atomic E-state index is 13.1. The van der Waals surface area contributed by atoms with Crippen molar-refractivity contribution in [3.63, 3.8) is 0 Å². The molecule has 1 aliphatic rings. The number of benzene rings is 1. The number of morpholine rings is 1. The second-order valence-electron chi connectivity index (χ2n) is 6.20. The minimum atomic E-state index is -0.232. The van der Waals surface area contributed by atoms with Crippen LogP contribution in [0.15, 0.2) is 42.0 Å². The molecular weight excluding hydrogens is 339 g/mol. The second kappa shape index (κ2) is 6.93. The first kappa shape index (κ1) is 16.2. The number of rotatable bonds is 4. The smallest absolute Gasteiger partial charge is 0.186 e. The summed E-state index contributed by atoms with van der Waals surface area (Å²) < 4.78 is 20.9. The van der Waals surface area contributed by atoms with Gasteiger partial charge >= 0.3 is 0 Å². The quantitative estimate of drug-likeness (QED) is 0.717. The Morgan fingerprint density at radius 3 is 2.92 bits per heavy atom. The van der Waals surface area contributed by atoms with E-state index in [1.54, 1.807) is 23.5 Å². The van der Waals surface area contributed by atoms with Crippen LogP contribution in [0.2, 0.25) is 0 Å². The zero-order chi connectivity index (χ0) is 17.2. The largest absolute Gasteiger partial charge is 0.373 e. The van der Waals surface area contributed by atoms with Crippen LogP contribution in [0.4, 0.5) is 9.52 Å². The molecule has 3 aromatic rings. The van der Waals surface area contributed by atoms with Gasteiger partial charge in [-0.25, -0.2) is 9.37 Å². The van der Waals surface area contributed by atoms with Crippen molar-refractivity contribution < 1.29 is 9.13 Å². The fourth-order valence-corrected chi connectivity index (χ4v) is 3.81. The van der Waals surface area contributed by atoms with E-state index in [9.17, 15) is 4.39 Å². The lowest BCUT2D eigenvalue weighted by atomic mass is 10.2. The molecule has 0 saturated carbocycles. The van der Waals surface area contributed by atoms with E-state index in [4.69, 9.17) is 9.72 Å². The van der Waals surface area contributed by atoms with Gasteiger partial charge in [0.15, 0.2) is 5.13 Å². The zero-order valence-corrected chi connectivity index (χ0v) is 14.7. The van der Waals surface area contributed by atoms with Gasteiger partial charge < -0.3 is 9.64 Å². The SMILES string of the molecule is Cc1cnn(CC2CN(c3nc(-c4ccc(F)cc4)cs3)CCO2)c1. The van der Waals surface area contributed by atoms with Crippen molar-refractivity contribution in [2.75, 3.05) is 24.6 Å². The summed E-state index contributed by atoms with van der Waals surface area (Å²) in [4.78, 5) is 6.98. The maximum absolute atomic E-state index is 13.1. The molecule has 130 valence electrons. The van der Waals surface area contributed by atoms with Gasteiger partial charge in [0.05, 0.1) is 31.1 Å². The van der Waals surface area contributed by atoms with Crippen LogP contribution in [0.5, 0.6) is 0 Å². The number of halogens is 1. The number of ether oxygens (including phenoxy) is 1. The van der Waals surface area contributed by atoms with Gasteiger partial charge in [0.2, 0.25) is 0 Å². The molecule has 1 fully saturated rings. The molecule has 4 rings (SSSR count). The Morgan fingerprint density at radius 1 is 1.32 bits per heavy atom. The van der Waals surface area contributed by atoms with E-state index >= 15 is 0 Å². The Balaban J connectivity index is 1.45. The number of nitrogens with zero attached hydrogens (tertiary/aromatic N) is 4. The molecule has 0 spiro atoms. The van der Waals surface area contributed by atoms with Crippen LogP contribution in [0.25, 0.3) is 11.3 Å². The Morgan fingerprint density at radius 2 is 2.16 bits per heavy atom. The minimum Gasteiger partial charge on any atom is -0.373 e. The van der Waals surface area contributed by atoms with Crippen LogP contribution in [0, 0.1) is 12.7 Å². The van der Waals surface area contributed by atoms with Crippen molar-refractivity contribution in [3.05, 3.63) is 53.4 Å². The first-order valence-electron chi connectivity index (χ1n) is 8.24. The first-order chi connectivity index (χ1) is 12.2. The molecule has 1 unspecified atom stereocenters. The summed E-state index contributed by atoms with van der Waals surface area (Å²) >= 11 is 1.61. The molecule has 0 bridgehead atoms. The molecule has 1 saturated heterocycles. The summed E-state index contributed by atoms with van der Waals surface area (Å²) in [6.07, 6.45) is 3.97. The number of hydrogen-bond acceptors (Lipinski definition) is 5. The summed E-state index contributed by atoms with van der Waals surface area (Å²) in [7, 11) is 0. The molecule has 1 atom stereocenters. The Bertz CT molecular complexity index is 845. The normalized spacial score (nSPS) is 17.8. The minimum absolute atomic E-state index is 0.0891. The highest BCUT2D eigenvalue weighted by Crippen LogP contribution is 2.28. The lowest BCUT2D eigenvalue weighted by molar-refractivity contribution is 0.0274. The van der Waals surface area contributed by atoms with Crippen molar-refractivity contribution in [2.24, 2.45) is 0 Å². The molecule has 0 N–H and O–H groups in total. The Kier molecular flexibility index (Phi) is 4.50. The van der Waals surface area contributed by atoms with E-state index < -0.39 is 0 Å². The first-order valence-corrected chi connectivity index (χ1v) is 9.12. The van der Waals surface area contributed by atoms with Crippen molar-refractivity contribution in [1.82, 2.24) is 14.8 Å². The highest BCUT2D eigenvalue weighted by atomic mass is 32.1. The third-order valence-electron chi connectivity index (χ3n) is 4.19. The van der Waals surface area contributed by atoms with Crippen LogP contribution < -0.4 is 4.90 Å². The van der Waals surface area contributed by atoms with Gasteiger partial charge in [0.1, 0.15) is 5.82 Å². The van der Waals surface area contributed by atoms with Crippen molar-refractivity contribution >= 4 is 16.5 Å². The van der Waals surface area contributed by atoms with Crippen LogP contribution in [0.1, 0.15) is 5.56 Å². The van der Waals surface area contributed by atoms with Gasteiger partial charge in [-0.3, -0.25) is 4.68 Å². The van der Waals surface area contributed by atoms with Crippen molar-refractivity contribution in [2.45, 2.75) is 19.6 Å². The van der Waals surface area contributed by atoms with Crippen LogP contribution in [-0.2, 0) is 11.3 Å². The molecular formula is C18H19FN4OS. The highest BCUT2D eigenvalue weighted by Gasteiger charge is 2.23. The topological polar surface area (TPSA) is 43.2 Å². The van der Waals surface area contributed by atoms with Gasteiger partial charge in [0, 0.05) is 30.2 Å². The Hall–Kier alpha value is -2.25. The zero-order valence-electron chi connectivity index (χ0n) is 13.9. The Labute approximate surface area is 149 Å². The molecule has 0 aliphatic carbocycles. The van der Waals surface area contributed by atoms with Crippen molar-refractivity contribution in [3.8, 4) is 11.3 Å². The molecule has 2 aromatic heterocycles. The van der Waals surface area contributed by atoms with Crippen molar-refractivity contribution in [1.29, 1.82) is 0 Å². The summed E-state index contributed by atoms with van der Waals surface area (Å²) in [6.45, 7) is 5.06. The van der Waals surface area contributed by atoms with Crippen LogP contribution in [-0.4, -0.2) is 40.6 Å². The number of anilines is 1. The molecule has 5 nitrogen and oxygen atoms in total. The highest BCUT2D eigenvalue weighted by molar-refractivity contribution is 7.14. The number of aromatic nitrogens is 3. The van der Waals surface area contributed by atoms with E-state index in [0.29, 0.717) is 6.61 Å².